The minimum Gasteiger partial charge on any atom is -0.478 e. The zero-order valence-electron chi connectivity index (χ0n) is 22.4. The molecule has 2 atom stereocenters. The Bertz CT molecular complexity index is 1680. The van der Waals surface area contributed by atoms with Crippen molar-refractivity contribution in [1.29, 1.82) is 0 Å². The van der Waals surface area contributed by atoms with Gasteiger partial charge in [0.25, 0.3) is 17.5 Å². The van der Waals surface area contributed by atoms with Crippen LogP contribution in [0, 0.1) is 10.1 Å². The number of nitrogens with zero attached hydrogens (tertiary/aromatic N) is 1. The molecular formula is C27H17F6N3O10. The standard InChI is InChI=1S/C27H17F6N3O10/c28-26(29,30)16-5-1-3-14(11-16)24(41)45-19(22(38)35-34-21(37)13-7-9-18(10-8-13)36(43)44)20(23(39)40)46-25(42)15-4-2-6-17(12-15)27(31,32)33/h1-12,19-20H,(H,34,37)(H,35,38)(H,39,40)/t19-,20+/m1/s1. The number of nitro groups is 1. The number of alkyl halides is 6. The molecule has 0 saturated heterocycles. The minimum atomic E-state index is -4.95. The lowest BCUT2D eigenvalue weighted by atomic mass is 10.1. The molecule has 3 aromatic carbocycles. The van der Waals surface area contributed by atoms with E-state index in [4.69, 9.17) is 9.47 Å². The topological polar surface area (TPSA) is 191 Å². The maximum absolute atomic E-state index is 13.1. The molecule has 242 valence electrons. The van der Waals surface area contributed by atoms with Crippen molar-refractivity contribution in [1.82, 2.24) is 10.9 Å². The number of nitro benzene ring substituents is 1. The van der Waals surface area contributed by atoms with E-state index in [-0.39, 0.29) is 17.7 Å². The van der Waals surface area contributed by atoms with E-state index in [9.17, 15) is 65.5 Å². The van der Waals surface area contributed by atoms with Crippen LogP contribution in [0.25, 0.3) is 0 Å². The molecule has 3 aromatic rings. The smallest absolute Gasteiger partial charge is 0.416 e. The predicted molar refractivity (Wildman–Crippen MR) is 138 cm³/mol. The van der Waals surface area contributed by atoms with Gasteiger partial charge in [0.05, 0.1) is 27.2 Å². The number of nitrogens with one attached hydrogen (secondary N) is 2. The van der Waals surface area contributed by atoms with Crippen LogP contribution in [0.2, 0.25) is 0 Å². The summed E-state index contributed by atoms with van der Waals surface area (Å²) < 4.78 is 88.2. The van der Waals surface area contributed by atoms with Crippen LogP contribution in [0.3, 0.4) is 0 Å². The summed E-state index contributed by atoms with van der Waals surface area (Å²) in [5.74, 6) is -8.59. The van der Waals surface area contributed by atoms with E-state index in [1.807, 2.05) is 0 Å². The first-order valence-corrected chi connectivity index (χ1v) is 12.2. The molecule has 2 amide bonds. The summed E-state index contributed by atoms with van der Waals surface area (Å²) >= 11 is 0. The molecule has 3 rings (SSSR count). The fourth-order valence-corrected chi connectivity index (χ4v) is 3.50. The normalized spacial score (nSPS) is 12.7. The Balaban J connectivity index is 1.92. The van der Waals surface area contributed by atoms with Gasteiger partial charge in [-0.05, 0) is 48.5 Å². The highest BCUT2D eigenvalue weighted by Crippen LogP contribution is 2.31. The van der Waals surface area contributed by atoms with Gasteiger partial charge in [0.2, 0.25) is 12.2 Å². The number of amides is 2. The van der Waals surface area contributed by atoms with Crippen LogP contribution in [0.1, 0.15) is 42.2 Å². The number of carbonyl (C=O) groups is 5. The van der Waals surface area contributed by atoms with Gasteiger partial charge in [-0.15, -0.1) is 0 Å². The van der Waals surface area contributed by atoms with E-state index in [1.165, 1.54) is 0 Å². The molecule has 0 aromatic heterocycles. The molecular weight excluding hydrogens is 640 g/mol. The number of esters is 2. The van der Waals surface area contributed by atoms with Gasteiger partial charge >= 0.3 is 30.3 Å². The van der Waals surface area contributed by atoms with Gasteiger partial charge in [-0.2, -0.15) is 26.3 Å². The first kappa shape index (κ1) is 34.5. The lowest BCUT2D eigenvalue weighted by molar-refractivity contribution is -0.384. The second-order valence-corrected chi connectivity index (χ2v) is 8.89. The van der Waals surface area contributed by atoms with E-state index >= 15 is 0 Å². The lowest BCUT2D eigenvalue weighted by Gasteiger charge is -2.24. The van der Waals surface area contributed by atoms with E-state index < -0.39 is 87.1 Å². The number of rotatable bonds is 9. The van der Waals surface area contributed by atoms with Crippen molar-refractivity contribution in [3.8, 4) is 0 Å². The molecule has 0 spiro atoms. The van der Waals surface area contributed by atoms with Crippen molar-refractivity contribution in [2.45, 2.75) is 24.6 Å². The molecule has 0 radical (unpaired) electrons. The second kappa shape index (κ2) is 13.7. The number of carboxylic acids is 1. The van der Waals surface area contributed by atoms with Gasteiger partial charge < -0.3 is 14.6 Å². The van der Waals surface area contributed by atoms with Crippen molar-refractivity contribution in [2.75, 3.05) is 0 Å². The third-order valence-corrected chi connectivity index (χ3v) is 5.74. The van der Waals surface area contributed by atoms with Crippen molar-refractivity contribution in [3.63, 3.8) is 0 Å². The fourth-order valence-electron chi connectivity index (χ4n) is 3.50. The number of carboxylic acid groups (broad SMARTS) is 1. The average Bonchev–Trinajstić information content (AvgIpc) is 3.00. The van der Waals surface area contributed by atoms with Crippen LogP contribution in [0.4, 0.5) is 32.0 Å². The largest absolute Gasteiger partial charge is 0.478 e. The maximum atomic E-state index is 13.1. The number of carbonyl (C=O) groups excluding carboxylic acids is 4. The van der Waals surface area contributed by atoms with Crippen LogP contribution in [0.15, 0.2) is 72.8 Å². The molecule has 0 aliphatic rings. The Hall–Kier alpha value is -6.01. The molecule has 19 heteroatoms. The molecule has 0 bridgehead atoms. The minimum absolute atomic E-state index is 0.283. The molecule has 3 N–H and O–H groups in total. The van der Waals surface area contributed by atoms with Crippen molar-refractivity contribution in [3.05, 3.63) is 111 Å². The Morgan fingerprint density at radius 1 is 0.696 bits per heavy atom. The Morgan fingerprint density at radius 2 is 1.15 bits per heavy atom. The fraction of sp³-hybridized carbons (Fsp3) is 0.148. The molecule has 0 fully saturated rings. The van der Waals surface area contributed by atoms with Crippen LogP contribution in [-0.2, 0) is 31.4 Å². The summed E-state index contributed by atoms with van der Waals surface area (Å²) in [6.45, 7) is 0. The summed E-state index contributed by atoms with van der Waals surface area (Å²) in [6.07, 6.45) is -15.5. The van der Waals surface area contributed by atoms with Crippen molar-refractivity contribution < 1.29 is 69.8 Å². The highest BCUT2D eigenvalue weighted by atomic mass is 19.4. The average molecular weight is 657 g/mol. The Kier molecular flexibility index (Phi) is 10.3. The SMILES string of the molecule is O=C(NNC(=O)[C@H](OC(=O)c1cccc(C(F)(F)F)c1)[C@H](OC(=O)c1cccc(C(F)(F)F)c1)C(=O)O)c1ccc([N+](=O)[O-])cc1. The third-order valence-electron chi connectivity index (χ3n) is 5.74. The molecule has 13 nitrogen and oxygen atoms in total. The third kappa shape index (κ3) is 8.77. The van der Waals surface area contributed by atoms with E-state index in [1.54, 1.807) is 10.9 Å². The summed E-state index contributed by atoms with van der Waals surface area (Å²) in [5, 5.41) is 20.5. The molecule has 0 unspecified atom stereocenters. The summed E-state index contributed by atoms with van der Waals surface area (Å²) in [6, 6.07) is 8.64. The van der Waals surface area contributed by atoms with Crippen LogP contribution in [-0.4, -0.2) is 52.0 Å². The number of non-ortho nitro benzene ring substituents is 1. The number of aliphatic carboxylic acids is 1. The molecule has 0 aliphatic carbocycles. The van der Waals surface area contributed by atoms with Crippen LogP contribution >= 0.6 is 0 Å². The first-order chi connectivity index (χ1) is 21.4. The van der Waals surface area contributed by atoms with Gasteiger partial charge in [0.15, 0.2) is 0 Å². The van der Waals surface area contributed by atoms with Gasteiger partial charge in [-0.1, -0.05) is 12.1 Å². The summed E-state index contributed by atoms with van der Waals surface area (Å²) in [5.41, 5.74) is -1.66. The van der Waals surface area contributed by atoms with Gasteiger partial charge in [-0.25, -0.2) is 14.4 Å². The lowest BCUT2D eigenvalue weighted by Crippen LogP contribution is -2.54. The first-order valence-electron chi connectivity index (χ1n) is 12.2. The predicted octanol–water partition coefficient (Wildman–Crippen LogP) is 3.93. The highest BCUT2D eigenvalue weighted by molar-refractivity contribution is 5.99. The highest BCUT2D eigenvalue weighted by Gasteiger charge is 2.42. The number of ether oxygens (including phenoxy) is 2. The zero-order chi connectivity index (χ0) is 34.4. The van der Waals surface area contributed by atoms with Gasteiger partial charge in [-0.3, -0.25) is 30.6 Å². The van der Waals surface area contributed by atoms with Crippen molar-refractivity contribution in [2.24, 2.45) is 0 Å². The van der Waals surface area contributed by atoms with E-state index in [2.05, 4.69) is 0 Å². The number of hydrogen-bond donors (Lipinski definition) is 3. The summed E-state index contributed by atoms with van der Waals surface area (Å²) in [7, 11) is 0. The van der Waals surface area contributed by atoms with Crippen LogP contribution < -0.4 is 10.9 Å². The molecule has 0 saturated carbocycles. The van der Waals surface area contributed by atoms with E-state index in [0.717, 1.165) is 48.5 Å². The zero-order valence-corrected chi connectivity index (χ0v) is 22.4. The van der Waals surface area contributed by atoms with Gasteiger partial charge in [0, 0.05) is 17.7 Å². The number of halogens is 6. The molecule has 0 heterocycles. The number of hydrogen-bond acceptors (Lipinski definition) is 9. The maximum Gasteiger partial charge on any atom is 0.416 e. The Labute approximate surface area is 251 Å². The number of benzene rings is 3. The van der Waals surface area contributed by atoms with Crippen LogP contribution in [0.5, 0.6) is 0 Å². The Morgan fingerprint density at radius 3 is 1.57 bits per heavy atom. The monoisotopic (exact) mass is 657 g/mol. The van der Waals surface area contributed by atoms with Gasteiger partial charge in [0.1, 0.15) is 0 Å². The number of hydrazine groups is 1. The second-order valence-electron chi connectivity index (χ2n) is 8.89. The van der Waals surface area contributed by atoms with Crippen molar-refractivity contribution >= 4 is 35.4 Å². The molecule has 0 aliphatic heterocycles. The van der Waals surface area contributed by atoms with E-state index in [0.29, 0.717) is 12.1 Å². The molecule has 46 heavy (non-hydrogen) atoms. The summed E-state index contributed by atoms with van der Waals surface area (Å²) in [4.78, 5) is 72.9. The quantitative estimate of drug-likeness (QED) is 0.132.